The summed E-state index contributed by atoms with van der Waals surface area (Å²) in [7, 11) is 0. The molecule has 3 rings (SSSR count). The van der Waals surface area contributed by atoms with Gasteiger partial charge in [0.25, 0.3) is 0 Å². The second kappa shape index (κ2) is 11.6. The molecule has 0 aromatic heterocycles. The molecule has 0 aliphatic carbocycles. The maximum absolute atomic E-state index is 12.5. The third-order valence-corrected chi connectivity index (χ3v) is 5.67. The molecule has 1 N–H and O–H groups in total. The highest BCUT2D eigenvalue weighted by molar-refractivity contribution is 5.85. The van der Waals surface area contributed by atoms with E-state index in [0.29, 0.717) is 17.9 Å². The van der Waals surface area contributed by atoms with Gasteiger partial charge in [0.2, 0.25) is 5.91 Å². The van der Waals surface area contributed by atoms with Crippen molar-refractivity contribution in [3.63, 3.8) is 0 Å². The molecule has 0 aromatic carbocycles. The fourth-order valence-electron chi connectivity index (χ4n) is 4.40. The molecule has 0 radical (unpaired) electrons. The quantitative estimate of drug-likeness (QED) is 0.814. The first-order chi connectivity index (χ1) is 10.8. The third-order valence-electron chi connectivity index (χ3n) is 5.67. The van der Waals surface area contributed by atoms with Crippen LogP contribution in [0.3, 0.4) is 0 Å². The lowest BCUT2D eigenvalue weighted by atomic mass is 9.96. The van der Waals surface area contributed by atoms with Gasteiger partial charge in [-0.3, -0.25) is 4.79 Å². The Balaban J connectivity index is 0.00000144. The van der Waals surface area contributed by atoms with Gasteiger partial charge in [-0.1, -0.05) is 12.8 Å². The zero-order valence-electron chi connectivity index (χ0n) is 14.9. The van der Waals surface area contributed by atoms with Crippen molar-refractivity contribution in [3.05, 3.63) is 0 Å². The predicted molar refractivity (Wildman–Crippen MR) is 104 cm³/mol. The van der Waals surface area contributed by atoms with Crippen LogP contribution in [0.4, 0.5) is 0 Å². The van der Waals surface area contributed by atoms with E-state index in [1.807, 2.05) is 0 Å². The summed E-state index contributed by atoms with van der Waals surface area (Å²) in [6.07, 6.45) is 11.2. The van der Waals surface area contributed by atoms with Gasteiger partial charge in [0.15, 0.2) is 0 Å². The van der Waals surface area contributed by atoms with Crippen LogP contribution in [0.1, 0.15) is 57.8 Å². The SMILES string of the molecule is Cl.Cl.O=C(CC1CCCN1)N1CCCC(CN2CCCCCC2)C1. The number of halogens is 2. The van der Waals surface area contributed by atoms with Crippen molar-refractivity contribution in [2.75, 3.05) is 39.3 Å². The molecule has 3 aliphatic heterocycles. The van der Waals surface area contributed by atoms with E-state index in [4.69, 9.17) is 0 Å². The van der Waals surface area contributed by atoms with Crippen molar-refractivity contribution in [1.82, 2.24) is 15.1 Å². The number of hydrogen-bond donors (Lipinski definition) is 1. The lowest BCUT2D eigenvalue weighted by Gasteiger charge is -2.36. The summed E-state index contributed by atoms with van der Waals surface area (Å²) in [5.41, 5.74) is 0. The summed E-state index contributed by atoms with van der Waals surface area (Å²) in [6.45, 7) is 6.85. The van der Waals surface area contributed by atoms with Crippen LogP contribution >= 0.6 is 24.8 Å². The predicted octanol–water partition coefficient (Wildman–Crippen LogP) is 3.09. The van der Waals surface area contributed by atoms with Crippen molar-refractivity contribution < 1.29 is 4.79 Å². The molecule has 6 heteroatoms. The Morgan fingerprint density at radius 3 is 2.33 bits per heavy atom. The summed E-state index contributed by atoms with van der Waals surface area (Å²) in [6, 6.07) is 0.443. The van der Waals surface area contributed by atoms with Crippen molar-refractivity contribution in [2.45, 2.75) is 63.8 Å². The maximum atomic E-state index is 12.5. The van der Waals surface area contributed by atoms with E-state index < -0.39 is 0 Å². The first-order valence-electron chi connectivity index (χ1n) is 9.55. The second-order valence-electron chi connectivity index (χ2n) is 7.56. The number of amides is 1. The van der Waals surface area contributed by atoms with Crippen LogP contribution in [0, 0.1) is 5.92 Å². The van der Waals surface area contributed by atoms with Crippen LogP contribution < -0.4 is 5.32 Å². The number of nitrogens with zero attached hydrogens (tertiary/aromatic N) is 2. The average Bonchev–Trinajstić information content (AvgIpc) is 2.90. The van der Waals surface area contributed by atoms with Crippen molar-refractivity contribution in [3.8, 4) is 0 Å². The van der Waals surface area contributed by atoms with E-state index in [0.717, 1.165) is 26.1 Å². The van der Waals surface area contributed by atoms with Crippen molar-refractivity contribution >= 4 is 30.7 Å². The van der Waals surface area contributed by atoms with Crippen LogP contribution in [0.5, 0.6) is 0 Å². The molecule has 2 atom stereocenters. The molecule has 142 valence electrons. The van der Waals surface area contributed by atoms with Gasteiger partial charge >= 0.3 is 0 Å². The molecule has 0 aromatic rings. The molecule has 0 spiro atoms. The molecule has 0 saturated carbocycles. The Labute approximate surface area is 159 Å². The van der Waals surface area contributed by atoms with Crippen LogP contribution in [0.15, 0.2) is 0 Å². The van der Waals surface area contributed by atoms with Crippen molar-refractivity contribution in [2.24, 2.45) is 5.92 Å². The van der Waals surface area contributed by atoms with Gasteiger partial charge in [-0.05, 0) is 64.1 Å². The smallest absolute Gasteiger partial charge is 0.224 e. The van der Waals surface area contributed by atoms with Gasteiger partial charge in [0.05, 0.1) is 0 Å². The van der Waals surface area contributed by atoms with E-state index in [-0.39, 0.29) is 24.8 Å². The van der Waals surface area contributed by atoms with Crippen LogP contribution in [-0.2, 0) is 4.79 Å². The highest BCUT2D eigenvalue weighted by Crippen LogP contribution is 2.21. The number of carbonyl (C=O) groups excluding carboxylic acids is 1. The molecule has 3 aliphatic rings. The molecule has 3 saturated heterocycles. The fourth-order valence-corrected chi connectivity index (χ4v) is 4.40. The topological polar surface area (TPSA) is 35.6 Å². The number of hydrogen-bond acceptors (Lipinski definition) is 3. The minimum Gasteiger partial charge on any atom is -0.342 e. The molecule has 2 unspecified atom stereocenters. The van der Waals surface area contributed by atoms with Crippen LogP contribution in [-0.4, -0.2) is 61.0 Å². The number of rotatable bonds is 4. The zero-order valence-corrected chi connectivity index (χ0v) is 16.5. The first-order valence-corrected chi connectivity index (χ1v) is 9.55. The van der Waals surface area contributed by atoms with Crippen molar-refractivity contribution in [1.29, 1.82) is 0 Å². The number of carbonyl (C=O) groups is 1. The van der Waals surface area contributed by atoms with Gasteiger partial charge in [-0.25, -0.2) is 0 Å². The molecule has 4 nitrogen and oxygen atoms in total. The molecule has 0 bridgehead atoms. The Hall–Kier alpha value is -0.0300. The Kier molecular flexibility index (Phi) is 10.6. The fraction of sp³-hybridized carbons (Fsp3) is 0.944. The standard InChI is InChI=1S/C18H33N3O.2ClH/c22-18(13-17-8-5-9-19-17)21-12-6-7-16(15-21)14-20-10-3-1-2-4-11-20;;/h16-17,19H,1-15H2;2*1H. The minimum absolute atomic E-state index is 0. The van der Waals surface area contributed by atoms with Crippen LogP contribution in [0.2, 0.25) is 0 Å². The monoisotopic (exact) mass is 379 g/mol. The van der Waals surface area contributed by atoms with Crippen LogP contribution in [0.25, 0.3) is 0 Å². The number of piperidine rings is 1. The van der Waals surface area contributed by atoms with E-state index in [9.17, 15) is 4.79 Å². The van der Waals surface area contributed by atoms with E-state index in [1.54, 1.807) is 0 Å². The average molecular weight is 380 g/mol. The van der Waals surface area contributed by atoms with E-state index >= 15 is 0 Å². The normalized spacial score (nSPS) is 28.6. The summed E-state index contributed by atoms with van der Waals surface area (Å²) in [4.78, 5) is 17.3. The summed E-state index contributed by atoms with van der Waals surface area (Å²) < 4.78 is 0. The van der Waals surface area contributed by atoms with E-state index in [2.05, 4.69) is 15.1 Å². The van der Waals surface area contributed by atoms with Gasteiger partial charge < -0.3 is 15.1 Å². The Morgan fingerprint density at radius 1 is 0.917 bits per heavy atom. The first kappa shape index (κ1) is 22.0. The molecule has 1 amide bonds. The zero-order chi connectivity index (χ0) is 15.2. The van der Waals surface area contributed by atoms with Gasteiger partial charge in [0, 0.05) is 32.1 Å². The summed E-state index contributed by atoms with van der Waals surface area (Å²) >= 11 is 0. The Morgan fingerprint density at radius 2 is 1.67 bits per heavy atom. The van der Waals surface area contributed by atoms with Gasteiger partial charge in [-0.2, -0.15) is 0 Å². The molecule has 3 heterocycles. The summed E-state index contributed by atoms with van der Waals surface area (Å²) in [5.74, 6) is 1.09. The molecular weight excluding hydrogens is 345 g/mol. The number of likely N-dealkylation sites (tertiary alicyclic amines) is 2. The second-order valence-corrected chi connectivity index (χ2v) is 7.56. The molecule has 24 heavy (non-hydrogen) atoms. The lowest BCUT2D eigenvalue weighted by molar-refractivity contribution is -0.133. The summed E-state index contributed by atoms with van der Waals surface area (Å²) in [5, 5.41) is 3.45. The minimum atomic E-state index is 0. The van der Waals surface area contributed by atoms with Gasteiger partial charge in [0.1, 0.15) is 0 Å². The maximum Gasteiger partial charge on any atom is 0.224 e. The largest absolute Gasteiger partial charge is 0.342 e. The Bertz CT molecular complexity index is 356. The highest BCUT2D eigenvalue weighted by Gasteiger charge is 2.27. The number of nitrogens with one attached hydrogen (secondary N) is 1. The lowest BCUT2D eigenvalue weighted by Crippen LogP contribution is -2.45. The molecule has 3 fully saturated rings. The van der Waals surface area contributed by atoms with Gasteiger partial charge in [-0.15, -0.1) is 24.8 Å². The molecular formula is C18H35Cl2N3O. The third kappa shape index (κ3) is 6.70. The van der Waals surface area contributed by atoms with E-state index in [1.165, 1.54) is 71.0 Å². The highest BCUT2D eigenvalue weighted by atomic mass is 35.5.